The van der Waals surface area contributed by atoms with Gasteiger partial charge in [0.25, 0.3) is 0 Å². The summed E-state index contributed by atoms with van der Waals surface area (Å²) < 4.78 is 23.1. The Hall–Kier alpha value is -3.26. The van der Waals surface area contributed by atoms with Crippen molar-refractivity contribution in [2.24, 2.45) is 5.73 Å². The number of carbonyl (C=O) groups excluding carboxylic acids is 1. The van der Waals surface area contributed by atoms with Gasteiger partial charge in [-0.05, 0) is 48.7 Å². The van der Waals surface area contributed by atoms with Crippen molar-refractivity contribution >= 4 is 11.9 Å². The topological polar surface area (TPSA) is 107 Å². The van der Waals surface area contributed by atoms with E-state index in [2.05, 4.69) is 0 Å². The highest BCUT2D eigenvalue weighted by atomic mass is 16.5. The highest BCUT2D eigenvalue weighted by Crippen LogP contribution is 2.47. The number of likely N-dealkylation sites (N-methyl/N-ethyl adjacent to an activating group) is 1. The maximum atomic E-state index is 13.4. The molecule has 0 aromatic heterocycles. The van der Waals surface area contributed by atoms with Crippen LogP contribution in [0.4, 0.5) is 0 Å². The van der Waals surface area contributed by atoms with Crippen LogP contribution < -0.4 is 19.9 Å². The van der Waals surface area contributed by atoms with E-state index in [4.69, 9.17) is 30.1 Å². The Morgan fingerprint density at radius 3 is 2.69 bits per heavy atom. The normalized spacial score (nSPS) is 21.9. The van der Waals surface area contributed by atoms with Crippen LogP contribution in [0.15, 0.2) is 36.4 Å². The van der Waals surface area contributed by atoms with E-state index in [0.29, 0.717) is 36.9 Å². The van der Waals surface area contributed by atoms with Gasteiger partial charge in [-0.2, -0.15) is 0 Å². The van der Waals surface area contributed by atoms with E-state index in [1.54, 1.807) is 14.2 Å². The van der Waals surface area contributed by atoms with Gasteiger partial charge in [-0.1, -0.05) is 6.07 Å². The van der Waals surface area contributed by atoms with Crippen LogP contribution in [-0.4, -0.2) is 56.8 Å². The number of nitrogens with two attached hydrogens (primary N) is 1. The summed E-state index contributed by atoms with van der Waals surface area (Å²) in [4.78, 5) is 14.6. The largest absolute Gasteiger partial charge is 0.497 e. The lowest BCUT2D eigenvalue weighted by atomic mass is 9.78. The molecule has 1 saturated heterocycles. The number of benzene rings is 2. The summed E-state index contributed by atoms with van der Waals surface area (Å²) in [5, 5.41) is 7.74. The zero-order chi connectivity index (χ0) is 22.9. The van der Waals surface area contributed by atoms with Crippen molar-refractivity contribution < 1.29 is 23.7 Å². The maximum Gasteiger partial charge on any atom is 0.236 e. The van der Waals surface area contributed by atoms with E-state index < -0.39 is 11.5 Å². The van der Waals surface area contributed by atoms with Crippen molar-refractivity contribution in [3.63, 3.8) is 0 Å². The second-order valence-electron chi connectivity index (χ2n) is 8.30. The number of guanidine groups is 1. The highest BCUT2D eigenvalue weighted by molar-refractivity contribution is 5.98. The van der Waals surface area contributed by atoms with Gasteiger partial charge in [0.05, 0.1) is 26.7 Å². The molecular formula is C24H29N3O5. The Labute approximate surface area is 187 Å². The third-order valence-electron chi connectivity index (χ3n) is 6.28. The number of rotatable bonds is 4. The predicted molar refractivity (Wildman–Crippen MR) is 120 cm³/mol. The highest BCUT2D eigenvalue weighted by Gasteiger charge is 2.46. The summed E-state index contributed by atoms with van der Waals surface area (Å²) in [5.41, 5.74) is 7.56. The number of hydrogen-bond acceptors (Lipinski definition) is 6. The zero-order valence-electron chi connectivity index (χ0n) is 18.6. The van der Waals surface area contributed by atoms with Gasteiger partial charge in [0.2, 0.25) is 5.91 Å². The Bertz CT molecular complexity index is 1030. The first-order valence-electron chi connectivity index (χ1n) is 10.6. The van der Waals surface area contributed by atoms with Gasteiger partial charge < -0.3 is 24.7 Å². The Morgan fingerprint density at radius 2 is 2.03 bits per heavy atom. The predicted octanol–water partition coefficient (Wildman–Crippen LogP) is 3.14. The Morgan fingerprint density at radius 1 is 1.22 bits per heavy atom. The van der Waals surface area contributed by atoms with Crippen molar-refractivity contribution in [1.29, 1.82) is 5.41 Å². The lowest BCUT2D eigenvalue weighted by Gasteiger charge is -2.44. The van der Waals surface area contributed by atoms with Crippen LogP contribution in [0.25, 0.3) is 11.1 Å². The van der Waals surface area contributed by atoms with E-state index >= 15 is 0 Å². The number of nitrogens with one attached hydrogen (secondary N) is 1. The number of fused-ring (bicyclic) bond motifs is 1. The van der Waals surface area contributed by atoms with Crippen molar-refractivity contribution in [3.8, 4) is 28.4 Å². The van der Waals surface area contributed by atoms with Crippen molar-refractivity contribution in [1.82, 2.24) is 4.90 Å². The molecule has 3 N–H and O–H groups in total. The van der Waals surface area contributed by atoms with Gasteiger partial charge in [0, 0.05) is 31.2 Å². The molecular weight excluding hydrogens is 410 g/mol. The van der Waals surface area contributed by atoms with E-state index in [0.717, 1.165) is 29.5 Å². The number of nitrogens with zero attached hydrogens (tertiary/aromatic N) is 1. The Balaban J connectivity index is 1.81. The summed E-state index contributed by atoms with van der Waals surface area (Å²) in [6.45, 7) is 1.13. The first-order chi connectivity index (χ1) is 15.4. The van der Waals surface area contributed by atoms with Gasteiger partial charge in [0.1, 0.15) is 22.8 Å². The number of carbonyl (C=O) groups is 1. The molecule has 2 aliphatic rings. The van der Waals surface area contributed by atoms with Gasteiger partial charge in [-0.3, -0.25) is 15.1 Å². The van der Waals surface area contributed by atoms with Crippen LogP contribution in [0, 0.1) is 5.41 Å². The maximum absolute atomic E-state index is 13.4. The van der Waals surface area contributed by atoms with Crippen LogP contribution in [0.1, 0.15) is 30.7 Å². The fraction of sp³-hybridized carbons (Fsp3) is 0.417. The van der Waals surface area contributed by atoms with Crippen LogP contribution in [0.2, 0.25) is 0 Å². The van der Waals surface area contributed by atoms with E-state index in [-0.39, 0.29) is 11.9 Å². The second kappa shape index (κ2) is 8.70. The molecule has 8 nitrogen and oxygen atoms in total. The molecule has 2 aromatic carbocycles. The minimum Gasteiger partial charge on any atom is -0.497 e. The summed E-state index contributed by atoms with van der Waals surface area (Å²) in [7, 11) is 4.76. The first-order valence-corrected chi connectivity index (χ1v) is 10.6. The van der Waals surface area contributed by atoms with E-state index in [1.165, 1.54) is 11.9 Å². The Kier molecular flexibility index (Phi) is 5.97. The average molecular weight is 440 g/mol. The minimum absolute atomic E-state index is 0.234. The number of ether oxygens (including phenoxy) is 4. The molecule has 2 aliphatic heterocycles. The average Bonchev–Trinajstić information content (AvgIpc) is 2.82. The molecule has 2 heterocycles. The molecule has 4 rings (SSSR count). The lowest BCUT2D eigenvalue weighted by Crippen LogP contribution is -2.51. The summed E-state index contributed by atoms with van der Waals surface area (Å²) in [5.74, 6) is 1.03. The van der Waals surface area contributed by atoms with Gasteiger partial charge in [-0.15, -0.1) is 0 Å². The van der Waals surface area contributed by atoms with Crippen LogP contribution in [0.5, 0.6) is 17.2 Å². The SMILES string of the molecule is COc1ccc(OC)c(-c2ccc3c(c2)C(C(=O)N(C)C(=N)N)C[C@]2(CCCOC2)O3)c1. The standard InChI is InChI=1S/C24H29N3O5/c1-27(23(25)26)22(28)19-13-24(9-4-10-31-14-24)32-21-7-5-15(11-18(19)21)17-12-16(29-2)6-8-20(17)30-3/h5-8,11-12,19H,4,9-10,13-14H2,1-3H3,(H3,25,26)/t19?,24-/m0/s1. The molecule has 0 radical (unpaired) electrons. The van der Waals surface area contributed by atoms with Gasteiger partial charge in [0.15, 0.2) is 5.96 Å². The fourth-order valence-electron chi connectivity index (χ4n) is 4.52. The fourth-order valence-corrected chi connectivity index (χ4v) is 4.52. The first kappa shape index (κ1) is 22.0. The minimum atomic E-state index is -0.557. The van der Waals surface area contributed by atoms with Crippen LogP contribution in [-0.2, 0) is 9.53 Å². The smallest absolute Gasteiger partial charge is 0.236 e. The van der Waals surface area contributed by atoms with Gasteiger partial charge in [-0.25, -0.2) is 0 Å². The molecule has 0 aliphatic carbocycles. The molecule has 1 fully saturated rings. The number of amides is 1. The monoisotopic (exact) mass is 439 g/mol. The molecule has 32 heavy (non-hydrogen) atoms. The molecule has 1 spiro atoms. The molecule has 2 atom stereocenters. The molecule has 0 saturated carbocycles. The third kappa shape index (κ3) is 3.98. The summed E-state index contributed by atoms with van der Waals surface area (Å²) >= 11 is 0. The molecule has 1 unspecified atom stereocenters. The van der Waals surface area contributed by atoms with E-state index in [1.807, 2.05) is 36.4 Å². The molecule has 1 amide bonds. The van der Waals surface area contributed by atoms with Crippen LogP contribution >= 0.6 is 0 Å². The van der Waals surface area contributed by atoms with Crippen molar-refractivity contribution in [2.75, 3.05) is 34.5 Å². The number of hydrogen-bond donors (Lipinski definition) is 2. The summed E-state index contributed by atoms with van der Waals surface area (Å²) in [6.07, 6.45) is 2.15. The molecule has 2 aromatic rings. The molecule has 0 bridgehead atoms. The van der Waals surface area contributed by atoms with E-state index in [9.17, 15) is 4.79 Å². The van der Waals surface area contributed by atoms with Crippen molar-refractivity contribution in [2.45, 2.75) is 30.8 Å². The van der Waals surface area contributed by atoms with Crippen molar-refractivity contribution in [3.05, 3.63) is 42.0 Å². The summed E-state index contributed by atoms with van der Waals surface area (Å²) in [6, 6.07) is 11.4. The third-order valence-corrected chi connectivity index (χ3v) is 6.28. The molecule has 8 heteroatoms. The molecule has 170 valence electrons. The van der Waals surface area contributed by atoms with Crippen LogP contribution in [0.3, 0.4) is 0 Å². The van der Waals surface area contributed by atoms with Gasteiger partial charge >= 0.3 is 0 Å². The lowest BCUT2D eigenvalue weighted by molar-refractivity contribution is -0.133. The quantitative estimate of drug-likeness (QED) is 0.560. The number of methoxy groups -OCH3 is 2. The zero-order valence-corrected chi connectivity index (χ0v) is 18.6. The second-order valence-corrected chi connectivity index (χ2v) is 8.30.